The molecule has 0 unspecified atom stereocenters. The highest BCUT2D eigenvalue weighted by Gasteiger charge is 2.16. The van der Waals surface area contributed by atoms with Crippen molar-refractivity contribution in [3.8, 4) is 6.07 Å². The minimum atomic E-state index is -0.0419. The van der Waals surface area contributed by atoms with Crippen LogP contribution < -0.4 is 11.2 Å². The van der Waals surface area contributed by atoms with Gasteiger partial charge in [-0.25, -0.2) is 4.98 Å². The van der Waals surface area contributed by atoms with Crippen molar-refractivity contribution in [3.63, 3.8) is 0 Å². The number of rotatable bonds is 3. The van der Waals surface area contributed by atoms with Crippen LogP contribution in [0.1, 0.15) is 18.1 Å². The fourth-order valence-electron chi connectivity index (χ4n) is 1.60. The van der Waals surface area contributed by atoms with E-state index in [1.165, 1.54) is 0 Å². The topological polar surface area (TPSA) is 87.1 Å². The molecule has 5 nitrogen and oxygen atoms in total. The maximum absolute atomic E-state index is 8.93. The van der Waals surface area contributed by atoms with Gasteiger partial charge in [0.2, 0.25) is 0 Å². The van der Waals surface area contributed by atoms with E-state index >= 15 is 0 Å². The zero-order valence-corrected chi connectivity index (χ0v) is 13.6. The van der Waals surface area contributed by atoms with Crippen molar-refractivity contribution in [3.05, 3.63) is 50.6 Å². The molecule has 0 amide bonds. The molecule has 0 atom stereocenters. The Morgan fingerprint density at radius 1 is 1.23 bits per heavy atom. The Kier molecular flexibility index (Phi) is 5.09. The lowest BCUT2D eigenvalue weighted by molar-refractivity contribution is 1.21. The van der Waals surface area contributed by atoms with Crippen LogP contribution in [0.2, 0.25) is 15.2 Å². The number of hydrazone groups is 1. The normalized spacial score (nSPS) is 11.1. The summed E-state index contributed by atoms with van der Waals surface area (Å²) in [5.74, 6) is 0.172. The summed E-state index contributed by atoms with van der Waals surface area (Å²) in [5.41, 5.74) is 10.6. The van der Waals surface area contributed by atoms with Gasteiger partial charge < -0.3 is 5.73 Å². The van der Waals surface area contributed by atoms with Crippen LogP contribution >= 0.6 is 34.8 Å². The Hall–Kier alpha value is -2.00. The summed E-state index contributed by atoms with van der Waals surface area (Å²) in [6.45, 7) is 1.80. The van der Waals surface area contributed by atoms with E-state index in [4.69, 9.17) is 45.8 Å². The number of nitrogen functional groups attached to an aromatic ring is 1. The summed E-state index contributed by atoms with van der Waals surface area (Å²) < 4.78 is 0. The number of nitrogens with zero attached hydrogens (tertiary/aromatic N) is 3. The van der Waals surface area contributed by atoms with E-state index in [1.54, 1.807) is 19.1 Å². The zero-order valence-electron chi connectivity index (χ0n) is 11.4. The number of nitriles is 1. The molecule has 1 aromatic heterocycles. The third-order valence-corrected chi connectivity index (χ3v) is 3.92. The van der Waals surface area contributed by atoms with Gasteiger partial charge in [0.1, 0.15) is 16.7 Å². The van der Waals surface area contributed by atoms with Gasteiger partial charge in [-0.15, -0.1) is 0 Å². The molecular formula is C14H10Cl3N5. The van der Waals surface area contributed by atoms with Crippen molar-refractivity contribution < 1.29 is 0 Å². The number of pyridine rings is 1. The van der Waals surface area contributed by atoms with Gasteiger partial charge in [-0.2, -0.15) is 10.4 Å². The van der Waals surface area contributed by atoms with E-state index in [9.17, 15) is 0 Å². The van der Waals surface area contributed by atoms with Crippen LogP contribution in [0.4, 0.5) is 11.5 Å². The smallest absolute Gasteiger partial charge is 0.168 e. The molecule has 8 heteroatoms. The molecule has 0 aliphatic heterocycles. The van der Waals surface area contributed by atoms with Crippen LogP contribution in [0, 0.1) is 11.3 Å². The molecule has 0 radical (unpaired) electrons. The highest BCUT2D eigenvalue weighted by atomic mass is 35.5. The highest BCUT2D eigenvalue weighted by molar-refractivity contribution is 6.45. The number of hydrogen-bond acceptors (Lipinski definition) is 5. The monoisotopic (exact) mass is 353 g/mol. The molecule has 2 aromatic rings. The Morgan fingerprint density at radius 3 is 2.45 bits per heavy atom. The molecule has 0 spiro atoms. The van der Waals surface area contributed by atoms with Crippen LogP contribution in [-0.4, -0.2) is 10.7 Å². The predicted octanol–water partition coefficient (Wildman–Crippen LogP) is 4.33. The molecule has 0 bridgehead atoms. The minimum Gasteiger partial charge on any atom is -0.399 e. The summed E-state index contributed by atoms with van der Waals surface area (Å²) in [6.07, 6.45) is 0. The van der Waals surface area contributed by atoms with Crippen LogP contribution in [0.5, 0.6) is 0 Å². The van der Waals surface area contributed by atoms with Gasteiger partial charge in [-0.05, 0) is 24.6 Å². The zero-order chi connectivity index (χ0) is 16.3. The van der Waals surface area contributed by atoms with Gasteiger partial charge in [-0.1, -0.05) is 46.9 Å². The van der Waals surface area contributed by atoms with Crippen molar-refractivity contribution in [2.75, 3.05) is 11.2 Å². The van der Waals surface area contributed by atoms with Gasteiger partial charge in [0, 0.05) is 5.69 Å². The average Bonchev–Trinajstić information content (AvgIpc) is 2.50. The molecule has 1 aromatic carbocycles. The maximum atomic E-state index is 8.93. The molecule has 0 fully saturated rings. The maximum Gasteiger partial charge on any atom is 0.168 e. The first-order valence-electron chi connectivity index (χ1n) is 6.05. The molecule has 0 aliphatic rings. The van der Waals surface area contributed by atoms with E-state index in [2.05, 4.69) is 15.5 Å². The van der Waals surface area contributed by atoms with Crippen LogP contribution in [-0.2, 0) is 0 Å². The molecule has 0 aliphatic carbocycles. The second kappa shape index (κ2) is 6.84. The molecule has 112 valence electrons. The lowest BCUT2D eigenvalue weighted by Crippen LogP contribution is -2.02. The average molecular weight is 355 g/mol. The Morgan fingerprint density at radius 2 is 1.86 bits per heavy atom. The van der Waals surface area contributed by atoms with Crippen LogP contribution in [0.25, 0.3) is 0 Å². The molecule has 22 heavy (non-hydrogen) atoms. The molecule has 3 N–H and O–H groups in total. The first kappa shape index (κ1) is 16.4. The molecule has 2 rings (SSSR count). The highest BCUT2D eigenvalue weighted by Crippen LogP contribution is 2.34. The van der Waals surface area contributed by atoms with Gasteiger partial charge in [-0.3, -0.25) is 5.43 Å². The number of nitrogens with two attached hydrogens (primary N) is 1. The largest absolute Gasteiger partial charge is 0.399 e. The Balaban J connectivity index is 2.30. The Bertz CT molecular complexity index is 779. The fourth-order valence-corrected chi connectivity index (χ4v) is 2.27. The van der Waals surface area contributed by atoms with Crippen molar-refractivity contribution in [2.24, 2.45) is 5.10 Å². The molecular weight excluding hydrogens is 345 g/mol. The minimum absolute atomic E-state index is 0.0260. The predicted molar refractivity (Wildman–Crippen MR) is 90.7 cm³/mol. The summed E-state index contributed by atoms with van der Waals surface area (Å²) in [6, 6.07) is 9.06. The van der Waals surface area contributed by atoms with E-state index < -0.39 is 0 Å². The van der Waals surface area contributed by atoms with E-state index in [1.807, 2.05) is 18.2 Å². The number of benzene rings is 1. The third kappa shape index (κ3) is 3.42. The van der Waals surface area contributed by atoms with E-state index in [-0.39, 0.29) is 26.6 Å². The van der Waals surface area contributed by atoms with Crippen LogP contribution in [0.3, 0.4) is 0 Å². The number of hydrogen-bond donors (Lipinski definition) is 2. The number of aromatic nitrogens is 1. The van der Waals surface area contributed by atoms with E-state index in [0.29, 0.717) is 11.4 Å². The summed E-state index contributed by atoms with van der Waals surface area (Å²) in [7, 11) is 0. The van der Waals surface area contributed by atoms with E-state index in [0.717, 1.165) is 5.56 Å². The van der Waals surface area contributed by atoms with Crippen molar-refractivity contribution in [1.82, 2.24) is 4.98 Å². The lowest BCUT2D eigenvalue weighted by Gasteiger charge is -2.08. The SMILES string of the molecule is CC(=NNc1nc(Cl)c(C#N)c(Cl)c1Cl)c1ccc(N)cc1. The second-order valence-corrected chi connectivity index (χ2v) is 5.41. The van der Waals surface area contributed by atoms with Gasteiger partial charge in [0.05, 0.1) is 10.7 Å². The van der Waals surface area contributed by atoms with Crippen LogP contribution in [0.15, 0.2) is 29.4 Å². The summed E-state index contributed by atoms with van der Waals surface area (Å²) >= 11 is 17.9. The fraction of sp³-hybridized carbons (Fsp3) is 0.0714. The number of anilines is 2. The third-order valence-electron chi connectivity index (χ3n) is 2.81. The standard InChI is InChI=1S/C14H10Cl3N5/c1-7(8-2-4-9(19)5-3-8)21-22-14-12(16)11(15)10(6-18)13(17)20-14/h2-5H,19H2,1H3,(H,20,22). The first-order chi connectivity index (χ1) is 10.4. The molecule has 1 heterocycles. The first-order valence-corrected chi connectivity index (χ1v) is 7.18. The summed E-state index contributed by atoms with van der Waals surface area (Å²) in [5, 5.41) is 13.2. The molecule has 0 saturated carbocycles. The van der Waals surface area contributed by atoms with Gasteiger partial charge in [0.25, 0.3) is 0 Å². The van der Waals surface area contributed by atoms with Crippen molar-refractivity contribution in [2.45, 2.75) is 6.92 Å². The van der Waals surface area contributed by atoms with Crippen molar-refractivity contribution in [1.29, 1.82) is 5.26 Å². The number of halogens is 3. The van der Waals surface area contributed by atoms with Gasteiger partial charge >= 0.3 is 0 Å². The Labute approximate surface area is 142 Å². The number of nitrogens with one attached hydrogen (secondary N) is 1. The van der Waals surface area contributed by atoms with Gasteiger partial charge in [0.15, 0.2) is 11.0 Å². The molecule has 0 saturated heterocycles. The quantitative estimate of drug-likeness (QED) is 0.371. The summed E-state index contributed by atoms with van der Waals surface area (Å²) in [4.78, 5) is 3.97. The lowest BCUT2D eigenvalue weighted by atomic mass is 10.1. The second-order valence-electron chi connectivity index (χ2n) is 4.30. The van der Waals surface area contributed by atoms with Crippen molar-refractivity contribution >= 4 is 52.0 Å².